The van der Waals surface area contributed by atoms with E-state index in [-0.39, 0.29) is 0 Å². The molecule has 0 saturated carbocycles. The zero-order chi connectivity index (χ0) is 13.1. The highest BCUT2D eigenvalue weighted by Gasteiger charge is 2.28. The van der Waals surface area contributed by atoms with Gasteiger partial charge in [0.05, 0.1) is 6.54 Å². The number of aliphatic hydroxyl groups is 1. The van der Waals surface area contributed by atoms with Gasteiger partial charge in [0, 0.05) is 10.0 Å². The molecule has 0 bridgehead atoms. The van der Waals surface area contributed by atoms with Crippen LogP contribution in [0.25, 0.3) is 0 Å². The van der Waals surface area contributed by atoms with Gasteiger partial charge in [-0.05, 0) is 30.7 Å². The van der Waals surface area contributed by atoms with Gasteiger partial charge in [0.25, 0.3) is 11.8 Å². The van der Waals surface area contributed by atoms with E-state index in [1.54, 1.807) is 19.1 Å². The van der Waals surface area contributed by atoms with Crippen LogP contribution in [0, 0.1) is 6.92 Å². The smallest absolute Gasteiger partial charge is 0.287 e. The lowest BCUT2D eigenvalue weighted by Gasteiger charge is -2.14. The first-order valence-electron chi connectivity index (χ1n) is 4.89. The highest BCUT2D eigenvalue weighted by atomic mass is 79.9. The van der Waals surface area contributed by atoms with E-state index < -0.39 is 25.0 Å². The van der Waals surface area contributed by atoms with Gasteiger partial charge in [-0.25, -0.2) is 8.78 Å². The van der Waals surface area contributed by atoms with E-state index in [1.807, 2.05) is 0 Å². The molecule has 1 aromatic carbocycles. The van der Waals surface area contributed by atoms with Crippen LogP contribution >= 0.6 is 15.9 Å². The van der Waals surface area contributed by atoms with Gasteiger partial charge in [0.1, 0.15) is 6.61 Å². The average molecular weight is 308 g/mol. The summed E-state index contributed by atoms with van der Waals surface area (Å²) in [4.78, 5) is 11.5. The molecule has 0 fully saturated rings. The quantitative estimate of drug-likeness (QED) is 0.895. The second-order valence-electron chi connectivity index (χ2n) is 3.66. The van der Waals surface area contributed by atoms with Crippen LogP contribution in [0.4, 0.5) is 8.78 Å². The number of hydrogen-bond donors (Lipinski definition) is 2. The third-order valence-corrected chi connectivity index (χ3v) is 3.05. The van der Waals surface area contributed by atoms with Crippen LogP contribution in [0.1, 0.15) is 15.9 Å². The van der Waals surface area contributed by atoms with Crippen molar-refractivity contribution in [3.05, 3.63) is 33.8 Å². The Labute approximate surface area is 106 Å². The minimum Gasteiger partial charge on any atom is -0.390 e. The maximum absolute atomic E-state index is 12.7. The van der Waals surface area contributed by atoms with Crippen molar-refractivity contribution in [1.29, 1.82) is 0 Å². The van der Waals surface area contributed by atoms with Crippen molar-refractivity contribution in [2.75, 3.05) is 13.2 Å². The normalized spacial score (nSPS) is 11.4. The number of carbonyl (C=O) groups excluding carboxylic acids is 1. The van der Waals surface area contributed by atoms with Gasteiger partial charge in [-0.3, -0.25) is 4.79 Å². The molecule has 0 aliphatic carbocycles. The molecule has 1 amide bonds. The minimum absolute atomic E-state index is 0.305. The van der Waals surface area contributed by atoms with E-state index in [2.05, 4.69) is 21.2 Å². The predicted octanol–water partition coefficient (Wildman–Crippen LogP) is 2.11. The molecule has 0 atom stereocenters. The maximum Gasteiger partial charge on any atom is 0.287 e. The highest BCUT2D eigenvalue weighted by Crippen LogP contribution is 2.17. The van der Waals surface area contributed by atoms with Gasteiger partial charge in [-0.2, -0.15) is 0 Å². The Morgan fingerprint density at radius 3 is 2.71 bits per heavy atom. The fraction of sp³-hybridized carbons (Fsp3) is 0.364. The molecular formula is C11H12BrF2NO2. The predicted molar refractivity (Wildman–Crippen MR) is 63.2 cm³/mol. The minimum atomic E-state index is -3.29. The van der Waals surface area contributed by atoms with Crippen molar-refractivity contribution in [3.63, 3.8) is 0 Å². The fourth-order valence-corrected chi connectivity index (χ4v) is 1.40. The summed E-state index contributed by atoms with van der Waals surface area (Å²) in [6.45, 7) is -0.368. The van der Waals surface area contributed by atoms with Crippen molar-refractivity contribution in [3.8, 4) is 0 Å². The molecule has 1 rings (SSSR count). The fourth-order valence-electron chi connectivity index (χ4n) is 1.15. The first-order valence-corrected chi connectivity index (χ1v) is 5.68. The Morgan fingerprint density at radius 2 is 2.18 bits per heavy atom. The van der Waals surface area contributed by atoms with E-state index in [0.29, 0.717) is 5.56 Å². The zero-order valence-electron chi connectivity index (χ0n) is 9.14. The summed E-state index contributed by atoms with van der Waals surface area (Å²) in [7, 11) is 0. The van der Waals surface area contributed by atoms with Crippen LogP contribution in [0.3, 0.4) is 0 Å². The first-order chi connectivity index (χ1) is 7.85. The second kappa shape index (κ2) is 5.55. The topological polar surface area (TPSA) is 49.3 Å². The summed E-state index contributed by atoms with van der Waals surface area (Å²) >= 11 is 3.28. The number of alkyl halides is 2. The number of nitrogens with one attached hydrogen (secondary N) is 1. The van der Waals surface area contributed by atoms with E-state index in [0.717, 1.165) is 10.0 Å². The molecule has 0 aromatic heterocycles. The average Bonchev–Trinajstić information content (AvgIpc) is 2.30. The molecule has 17 heavy (non-hydrogen) atoms. The molecule has 0 heterocycles. The van der Waals surface area contributed by atoms with Crippen LogP contribution in [0.2, 0.25) is 0 Å². The molecule has 3 nitrogen and oxygen atoms in total. The molecule has 0 radical (unpaired) electrons. The summed E-state index contributed by atoms with van der Waals surface area (Å²) in [5.41, 5.74) is 1.14. The Bertz CT molecular complexity index is 424. The lowest BCUT2D eigenvalue weighted by atomic mass is 10.1. The molecule has 0 saturated heterocycles. The van der Waals surface area contributed by atoms with Crippen molar-refractivity contribution < 1.29 is 18.7 Å². The van der Waals surface area contributed by atoms with Crippen molar-refractivity contribution in [2.24, 2.45) is 0 Å². The number of carbonyl (C=O) groups is 1. The summed E-state index contributed by atoms with van der Waals surface area (Å²) in [6.07, 6.45) is 0. The SMILES string of the molecule is Cc1cc(C(=O)NCC(F)(F)CO)ccc1Br. The molecule has 0 aliphatic heterocycles. The number of hydrogen-bond acceptors (Lipinski definition) is 2. The lowest BCUT2D eigenvalue weighted by molar-refractivity contribution is -0.0462. The van der Waals surface area contributed by atoms with Crippen molar-refractivity contribution in [2.45, 2.75) is 12.8 Å². The Balaban J connectivity index is 2.68. The Kier molecular flexibility index (Phi) is 4.59. The highest BCUT2D eigenvalue weighted by molar-refractivity contribution is 9.10. The van der Waals surface area contributed by atoms with Gasteiger partial charge in [-0.1, -0.05) is 15.9 Å². The molecule has 6 heteroatoms. The molecule has 94 valence electrons. The van der Waals surface area contributed by atoms with Crippen LogP contribution in [-0.2, 0) is 0 Å². The summed E-state index contributed by atoms with van der Waals surface area (Å²) in [5, 5.41) is 10.4. The largest absolute Gasteiger partial charge is 0.390 e. The lowest BCUT2D eigenvalue weighted by Crippen LogP contribution is -2.38. The van der Waals surface area contributed by atoms with E-state index >= 15 is 0 Å². The van der Waals surface area contributed by atoms with E-state index in [9.17, 15) is 13.6 Å². The first kappa shape index (κ1) is 14.1. The third-order valence-electron chi connectivity index (χ3n) is 2.16. The van der Waals surface area contributed by atoms with Crippen LogP contribution < -0.4 is 5.32 Å². The van der Waals surface area contributed by atoms with Gasteiger partial charge < -0.3 is 10.4 Å². The Morgan fingerprint density at radius 1 is 1.53 bits per heavy atom. The zero-order valence-corrected chi connectivity index (χ0v) is 10.7. The molecular weight excluding hydrogens is 296 g/mol. The molecule has 0 aliphatic rings. The summed E-state index contributed by atoms with van der Waals surface area (Å²) < 4.78 is 26.2. The molecule has 1 aromatic rings. The second-order valence-corrected chi connectivity index (χ2v) is 4.52. The number of rotatable bonds is 4. The van der Waals surface area contributed by atoms with E-state index in [4.69, 9.17) is 5.11 Å². The third kappa shape index (κ3) is 4.05. The van der Waals surface area contributed by atoms with Crippen LogP contribution in [-0.4, -0.2) is 30.1 Å². The molecule has 0 unspecified atom stereocenters. The maximum atomic E-state index is 12.7. The number of aryl methyl sites for hydroxylation is 1. The number of halogens is 3. The Hall–Kier alpha value is -1.01. The summed E-state index contributed by atoms with van der Waals surface area (Å²) in [5.74, 6) is -3.88. The summed E-state index contributed by atoms with van der Waals surface area (Å²) in [6, 6.07) is 4.80. The van der Waals surface area contributed by atoms with Crippen molar-refractivity contribution >= 4 is 21.8 Å². The molecule has 0 spiro atoms. The van der Waals surface area contributed by atoms with Crippen LogP contribution in [0.15, 0.2) is 22.7 Å². The standard InChI is InChI=1S/C11H12BrF2NO2/c1-7-4-8(2-3-9(7)12)10(17)15-5-11(13,14)6-16/h2-4,16H,5-6H2,1H3,(H,15,17). The van der Waals surface area contributed by atoms with E-state index in [1.165, 1.54) is 6.07 Å². The van der Waals surface area contributed by atoms with Gasteiger partial charge in [0.2, 0.25) is 0 Å². The van der Waals surface area contributed by atoms with Crippen molar-refractivity contribution in [1.82, 2.24) is 5.32 Å². The monoisotopic (exact) mass is 307 g/mol. The van der Waals surface area contributed by atoms with Gasteiger partial charge in [0.15, 0.2) is 0 Å². The molecule has 2 N–H and O–H groups in total. The number of aliphatic hydroxyl groups excluding tert-OH is 1. The number of amides is 1. The van der Waals surface area contributed by atoms with Gasteiger partial charge >= 0.3 is 0 Å². The number of benzene rings is 1. The van der Waals surface area contributed by atoms with Gasteiger partial charge in [-0.15, -0.1) is 0 Å². The van der Waals surface area contributed by atoms with Crippen LogP contribution in [0.5, 0.6) is 0 Å².